The van der Waals surface area contributed by atoms with E-state index in [0.717, 1.165) is 12.1 Å². The number of nitrogens with zero attached hydrogens (tertiary/aromatic N) is 1. The lowest BCUT2D eigenvalue weighted by molar-refractivity contribution is -0.137. The van der Waals surface area contributed by atoms with Gasteiger partial charge >= 0.3 is 6.18 Å². The van der Waals surface area contributed by atoms with E-state index in [2.05, 4.69) is 31.4 Å². The smallest absolute Gasteiger partial charge is 0.319 e. The second-order valence-corrected chi connectivity index (χ2v) is 4.54. The van der Waals surface area contributed by atoms with Crippen LogP contribution in [0.4, 0.5) is 18.9 Å². The molecule has 0 atom stereocenters. The predicted octanol–water partition coefficient (Wildman–Crippen LogP) is 3.44. The molecular formula is C11H7BrF3N3O. The molecule has 1 aromatic heterocycles. The second kappa shape index (κ2) is 5.04. The number of anilines is 1. The quantitative estimate of drug-likeness (QED) is 0.884. The van der Waals surface area contributed by atoms with Crippen LogP contribution in [0.1, 0.15) is 15.9 Å². The van der Waals surface area contributed by atoms with E-state index in [1.807, 2.05) is 0 Å². The van der Waals surface area contributed by atoms with Crippen molar-refractivity contribution in [3.8, 4) is 0 Å². The molecule has 1 aromatic carbocycles. The standard InChI is InChI=1S/C11H7BrF3N3O/c12-6-1-2-8(9(3-6)11(13,14)15)10(19)18-7-4-16-17-5-7/h1-5H,(H,16,17)(H,18,19). The number of alkyl halides is 3. The Balaban J connectivity index is 2.36. The summed E-state index contributed by atoms with van der Waals surface area (Å²) in [6.45, 7) is 0. The van der Waals surface area contributed by atoms with Gasteiger partial charge in [-0.3, -0.25) is 9.89 Å². The van der Waals surface area contributed by atoms with Crippen LogP contribution in [-0.4, -0.2) is 16.1 Å². The Morgan fingerprint density at radius 1 is 1.37 bits per heavy atom. The molecule has 0 saturated heterocycles. The second-order valence-electron chi connectivity index (χ2n) is 3.63. The number of aromatic amines is 1. The number of hydrogen-bond acceptors (Lipinski definition) is 2. The van der Waals surface area contributed by atoms with Gasteiger partial charge in [0.25, 0.3) is 5.91 Å². The highest BCUT2D eigenvalue weighted by Crippen LogP contribution is 2.34. The number of nitrogens with one attached hydrogen (secondary N) is 2. The number of amides is 1. The molecule has 19 heavy (non-hydrogen) atoms. The SMILES string of the molecule is O=C(Nc1cn[nH]c1)c1ccc(Br)cc1C(F)(F)F. The fraction of sp³-hybridized carbons (Fsp3) is 0.0909. The van der Waals surface area contributed by atoms with Crippen LogP contribution in [0, 0.1) is 0 Å². The highest BCUT2D eigenvalue weighted by molar-refractivity contribution is 9.10. The van der Waals surface area contributed by atoms with Crippen molar-refractivity contribution >= 4 is 27.5 Å². The third-order valence-corrected chi connectivity index (χ3v) is 2.78. The van der Waals surface area contributed by atoms with Gasteiger partial charge in [-0.05, 0) is 18.2 Å². The van der Waals surface area contributed by atoms with Crippen LogP contribution < -0.4 is 5.32 Å². The Morgan fingerprint density at radius 2 is 2.11 bits per heavy atom. The fourth-order valence-electron chi connectivity index (χ4n) is 1.47. The summed E-state index contributed by atoms with van der Waals surface area (Å²) in [6.07, 6.45) is -1.94. The van der Waals surface area contributed by atoms with Crippen LogP contribution in [0.25, 0.3) is 0 Å². The summed E-state index contributed by atoms with van der Waals surface area (Å²) in [7, 11) is 0. The number of H-pyrrole nitrogens is 1. The van der Waals surface area contributed by atoms with E-state index < -0.39 is 23.2 Å². The normalized spacial score (nSPS) is 11.4. The topological polar surface area (TPSA) is 57.8 Å². The molecule has 1 amide bonds. The molecule has 0 aliphatic carbocycles. The van der Waals surface area contributed by atoms with E-state index in [9.17, 15) is 18.0 Å². The van der Waals surface area contributed by atoms with Crippen molar-refractivity contribution in [1.29, 1.82) is 0 Å². The van der Waals surface area contributed by atoms with Crippen LogP contribution in [0.15, 0.2) is 35.1 Å². The van der Waals surface area contributed by atoms with Crippen molar-refractivity contribution in [2.75, 3.05) is 5.32 Å². The van der Waals surface area contributed by atoms with Crippen molar-refractivity contribution < 1.29 is 18.0 Å². The summed E-state index contributed by atoms with van der Waals surface area (Å²) >= 11 is 2.95. The summed E-state index contributed by atoms with van der Waals surface area (Å²) in [6, 6.07) is 3.35. The molecule has 1 heterocycles. The zero-order valence-corrected chi connectivity index (χ0v) is 10.8. The first-order valence-corrected chi connectivity index (χ1v) is 5.84. The van der Waals surface area contributed by atoms with Gasteiger partial charge in [-0.1, -0.05) is 15.9 Å². The Morgan fingerprint density at radius 3 is 2.68 bits per heavy atom. The average molecular weight is 334 g/mol. The van der Waals surface area contributed by atoms with Gasteiger partial charge in [0.15, 0.2) is 0 Å². The minimum Gasteiger partial charge on any atom is -0.319 e. The number of rotatable bonds is 2. The Kier molecular flexibility index (Phi) is 3.61. The highest BCUT2D eigenvalue weighted by atomic mass is 79.9. The Labute approximate surface area is 114 Å². The van der Waals surface area contributed by atoms with Crippen LogP contribution in [0.5, 0.6) is 0 Å². The van der Waals surface area contributed by atoms with Gasteiger partial charge < -0.3 is 5.32 Å². The third kappa shape index (κ3) is 3.14. The maximum atomic E-state index is 12.8. The van der Waals surface area contributed by atoms with E-state index in [4.69, 9.17) is 0 Å². The molecule has 0 aliphatic rings. The van der Waals surface area contributed by atoms with Crippen LogP contribution >= 0.6 is 15.9 Å². The van der Waals surface area contributed by atoms with E-state index in [1.54, 1.807) is 0 Å². The van der Waals surface area contributed by atoms with Gasteiger partial charge in [0.2, 0.25) is 0 Å². The predicted molar refractivity (Wildman–Crippen MR) is 65.7 cm³/mol. The molecular weight excluding hydrogens is 327 g/mol. The lowest BCUT2D eigenvalue weighted by atomic mass is 10.1. The monoisotopic (exact) mass is 333 g/mol. The van der Waals surface area contributed by atoms with Crippen LogP contribution in [0.3, 0.4) is 0 Å². The molecule has 0 radical (unpaired) electrons. The van der Waals surface area contributed by atoms with Gasteiger partial charge in [0.1, 0.15) is 0 Å². The van der Waals surface area contributed by atoms with Gasteiger partial charge in [-0.2, -0.15) is 18.3 Å². The van der Waals surface area contributed by atoms with Gasteiger partial charge in [0, 0.05) is 10.7 Å². The van der Waals surface area contributed by atoms with E-state index in [0.29, 0.717) is 5.69 Å². The largest absolute Gasteiger partial charge is 0.417 e. The van der Waals surface area contributed by atoms with Gasteiger partial charge in [-0.15, -0.1) is 0 Å². The summed E-state index contributed by atoms with van der Waals surface area (Å²) in [4.78, 5) is 11.8. The zero-order chi connectivity index (χ0) is 14.0. The van der Waals surface area contributed by atoms with Gasteiger partial charge in [-0.25, -0.2) is 0 Å². The fourth-order valence-corrected chi connectivity index (χ4v) is 1.83. The molecule has 0 aliphatic heterocycles. The third-order valence-electron chi connectivity index (χ3n) is 2.29. The molecule has 8 heteroatoms. The van der Waals surface area contributed by atoms with Gasteiger partial charge in [0.05, 0.1) is 23.0 Å². The van der Waals surface area contributed by atoms with Crippen molar-refractivity contribution in [2.24, 2.45) is 0 Å². The van der Waals surface area contributed by atoms with Crippen molar-refractivity contribution in [3.63, 3.8) is 0 Å². The molecule has 0 bridgehead atoms. The van der Waals surface area contributed by atoms with Crippen LogP contribution in [0.2, 0.25) is 0 Å². The molecule has 2 rings (SSSR count). The summed E-state index contributed by atoms with van der Waals surface area (Å²) in [5, 5.41) is 8.35. The van der Waals surface area contributed by atoms with Crippen LogP contribution in [-0.2, 0) is 6.18 Å². The molecule has 4 nitrogen and oxygen atoms in total. The minimum atomic E-state index is -4.60. The lowest BCUT2D eigenvalue weighted by Crippen LogP contribution is -2.18. The molecule has 0 spiro atoms. The molecule has 0 saturated carbocycles. The minimum absolute atomic E-state index is 0.250. The van der Waals surface area contributed by atoms with Crippen molar-refractivity contribution in [1.82, 2.24) is 10.2 Å². The van der Waals surface area contributed by atoms with E-state index >= 15 is 0 Å². The van der Waals surface area contributed by atoms with E-state index in [1.165, 1.54) is 18.5 Å². The first kappa shape index (κ1) is 13.6. The maximum Gasteiger partial charge on any atom is 0.417 e. The number of hydrogen-bond donors (Lipinski definition) is 2. The molecule has 0 fully saturated rings. The van der Waals surface area contributed by atoms with Crippen molar-refractivity contribution in [2.45, 2.75) is 6.18 Å². The zero-order valence-electron chi connectivity index (χ0n) is 9.25. The number of halogens is 4. The number of carbonyl (C=O) groups excluding carboxylic acids is 1. The molecule has 0 unspecified atom stereocenters. The summed E-state index contributed by atoms with van der Waals surface area (Å²) < 4.78 is 38.8. The number of aromatic nitrogens is 2. The summed E-state index contributed by atoms with van der Waals surface area (Å²) in [5.41, 5.74) is -1.15. The first-order valence-electron chi connectivity index (χ1n) is 5.05. The van der Waals surface area contributed by atoms with Crippen molar-refractivity contribution in [3.05, 3.63) is 46.2 Å². The average Bonchev–Trinajstić information content (AvgIpc) is 2.80. The highest BCUT2D eigenvalue weighted by Gasteiger charge is 2.35. The molecule has 2 N–H and O–H groups in total. The number of benzene rings is 1. The number of carbonyl (C=O) groups is 1. The molecule has 2 aromatic rings. The maximum absolute atomic E-state index is 12.8. The Bertz CT molecular complexity index is 596. The lowest BCUT2D eigenvalue weighted by Gasteiger charge is -2.12. The first-order chi connectivity index (χ1) is 8.88. The Hall–Kier alpha value is -1.83. The summed E-state index contributed by atoms with van der Waals surface area (Å²) in [5.74, 6) is -0.846. The molecule has 100 valence electrons. The van der Waals surface area contributed by atoms with E-state index in [-0.39, 0.29) is 4.47 Å².